The van der Waals surface area contributed by atoms with Gasteiger partial charge in [-0.3, -0.25) is 4.79 Å². The zero-order chi connectivity index (χ0) is 6.41. The van der Waals surface area contributed by atoms with Gasteiger partial charge in [0.15, 0.2) is 5.62 Å². The fourth-order valence-corrected chi connectivity index (χ4v) is 0.850. The summed E-state index contributed by atoms with van der Waals surface area (Å²) in [5.74, 6) is 0.899. The maximum atomic E-state index is 9.73. The molecule has 8 heavy (non-hydrogen) atoms. The van der Waals surface area contributed by atoms with Crippen LogP contribution in [-0.4, -0.2) is 36.9 Å². The summed E-state index contributed by atoms with van der Waals surface area (Å²) in [5, 5.41) is 0. The first kappa shape index (κ1) is 7.98. The first-order valence-electron chi connectivity index (χ1n) is 2.47. The molecule has 0 aromatic rings. The van der Waals surface area contributed by atoms with E-state index in [9.17, 15) is 4.79 Å². The SMILES string of the molecule is CN(C)CCSC=O. The van der Waals surface area contributed by atoms with Gasteiger partial charge in [-0.15, -0.1) is 0 Å². The molecule has 0 atom stereocenters. The third-order valence-electron chi connectivity index (χ3n) is 0.724. The first-order chi connectivity index (χ1) is 3.77. The van der Waals surface area contributed by atoms with Gasteiger partial charge in [-0.2, -0.15) is 0 Å². The molecule has 3 heteroatoms. The van der Waals surface area contributed by atoms with Crippen LogP contribution >= 0.6 is 11.8 Å². The Morgan fingerprint density at radius 1 is 1.62 bits per heavy atom. The van der Waals surface area contributed by atoms with Gasteiger partial charge in [-0.05, 0) is 14.1 Å². The number of hydrogen-bond acceptors (Lipinski definition) is 3. The molecular formula is C5H11NOS. The Hall–Kier alpha value is -0.0200. The molecule has 0 aliphatic carbocycles. The molecule has 0 fully saturated rings. The maximum absolute atomic E-state index is 9.73. The molecule has 0 spiro atoms. The molecule has 0 bridgehead atoms. The van der Waals surface area contributed by atoms with E-state index in [1.54, 1.807) is 0 Å². The van der Waals surface area contributed by atoms with Crippen LogP contribution in [0.15, 0.2) is 0 Å². The summed E-state index contributed by atoms with van der Waals surface area (Å²) in [4.78, 5) is 11.8. The summed E-state index contributed by atoms with van der Waals surface area (Å²) in [6, 6.07) is 0. The smallest absolute Gasteiger partial charge is 0.176 e. The van der Waals surface area contributed by atoms with E-state index in [0.717, 1.165) is 17.9 Å². The number of nitrogens with zero attached hydrogens (tertiary/aromatic N) is 1. The number of hydrogen-bond donors (Lipinski definition) is 0. The molecule has 48 valence electrons. The van der Waals surface area contributed by atoms with Crippen molar-refractivity contribution in [2.75, 3.05) is 26.4 Å². The van der Waals surface area contributed by atoms with Gasteiger partial charge >= 0.3 is 0 Å². The highest BCUT2D eigenvalue weighted by atomic mass is 32.2. The maximum Gasteiger partial charge on any atom is 0.176 e. The summed E-state index contributed by atoms with van der Waals surface area (Å²) >= 11 is 1.31. The Morgan fingerprint density at radius 3 is 2.62 bits per heavy atom. The van der Waals surface area contributed by atoms with Crippen molar-refractivity contribution in [1.82, 2.24) is 4.90 Å². The minimum absolute atomic E-state index is 0.878. The van der Waals surface area contributed by atoms with Gasteiger partial charge in [0.25, 0.3) is 0 Å². The second-order valence-corrected chi connectivity index (χ2v) is 2.70. The number of rotatable bonds is 4. The van der Waals surface area contributed by atoms with Crippen LogP contribution in [0, 0.1) is 0 Å². The number of carbonyl (C=O) groups excluding carboxylic acids is 1. The molecule has 0 rings (SSSR count). The molecule has 0 N–H and O–H groups in total. The Morgan fingerprint density at radius 2 is 2.25 bits per heavy atom. The minimum Gasteiger partial charge on any atom is -0.309 e. The Labute approximate surface area is 54.2 Å². The van der Waals surface area contributed by atoms with E-state index < -0.39 is 0 Å². The molecule has 0 aliphatic rings. The van der Waals surface area contributed by atoms with Gasteiger partial charge < -0.3 is 4.90 Å². The second-order valence-electron chi connectivity index (χ2n) is 1.77. The lowest BCUT2D eigenvalue weighted by Gasteiger charge is -2.05. The minimum atomic E-state index is 0.878. The van der Waals surface area contributed by atoms with Crippen LogP contribution in [-0.2, 0) is 4.79 Å². The Bertz CT molecular complexity index is 65.4. The van der Waals surface area contributed by atoms with Crippen LogP contribution in [0.4, 0.5) is 0 Å². The molecule has 2 nitrogen and oxygen atoms in total. The van der Waals surface area contributed by atoms with Gasteiger partial charge in [0.05, 0.1) is 0 Å². The van der Waals surface area contributed by atoms with E-state index in [0.29, 0.717) is 0 Å². The molecule has 0 aliphatic heterocycles. The lowest BCUT2D eigenvalue weighted by molar-refractivity contribution is 0.437. The van der Waals surface area contributed by atoms with Crippen molar-refractivity contribution in [2.45, 2.75) is 0 Å². The van der Waals surface area contributed by atoms with E-state index in [-0.39, 0.29) is 0 Å². The molecule has 0 amide bonds. The Balaban J connectivity index is 2.81. The van der Waals surface area contributed by atoms with E-state index in [1.165, 1.54) is 11.8 Å². The summed E-state index contributed by atoms with van der Waals surface area (Å²) in [6.07, 6.45) is 0. The molecule has 0 saturated carbocycles. The average Bonchev–Trinajstić information content (AvgIpc) is 1.66. The van der Waals surface area contributed by atoms with Crippen molar-refractivity contribution in [3.8, 4) is 0 Å². The van der Waals surface area contributed by atoms with Crippen molar-refractivity contribution in [1.29, 1.82) is 0 Å². The lowest BCUT2D eigenvalue weighted by atomic mass is 10.7. The Kier molecular flexibility index (Phi) is 5.11. The van der Waals surface area contributed by atoms with Crippen molar-refractivity contribution in [2.24, 2.45) is 0 Å². The van der Waals surface area contributed by atoms with Gasteiger partial charge in [-0.25, -0.2) is 0 Å². The van der Waals surface area contributed by atoms with Crippen LogP contribution in [0.25, 0.3) is 0 Å². The highest BCUT2D eigenvalue weighted by Crippen LogP contribution is 1.91. The van der Waals surface area contributed by atoms with E-state index in [1.807, 2.05) is 14.1 Å². The van der Waals surface area contributed by atoms with Crippen LogP contribution in [0.3, 0.4) is 0 Å². The standard InChI is InChI=1S/C5H11NOS/c1-6(2)3-4-8-5-7/h5H,3-4H2,1-2H3. The van der Waals surface area contributed by atoms with Crippen molar-refractivity contribution < 1.29 is 4.79 Å². The monoisotopic (exact) mass is 133 g/mol. The molecule has 0 aromatic heterocycles. The predicted molar refractivity (Wildman–Crippen MR) is 37.8 cm³/mol. The summed E-state index contributed by atoms with van der Waals surface area (Å²) in [5.41, 5.74) is 0.878. The summed E-state index contributed by atoms with van der Waals surface area (Å²) in [7, 11) is 3.98. The van der Waals surface area contributed by atoms with Crippen molar-refractivity contribution in [3.05, 3.63) is 0 Å². The largest absolute Gasteiger partial charge is 0.309 e. The molecule has 0 unspecified atom stereocenters. The van der Waals surface area contributed by atoms with Gasteiger partial charge in [0, 0.05) is 12.3 Å². The van der Waals surface area contributed by atoms with E-state index >= 15 is 0 Å². The molecule has 0 aromatic carbocycles. The average molecular weight is 133 g/mol. The van der Waals surface area contributed by atoms with Crippen LogP contribution in [0.2, 0.25) is 0 Å². The zero-order valence-corrected chi connectivity index (χ0v) is 6.07. The summed E-state index contributed by atoms with van der Waals surface area (Å²) in [6.45, 7) is 0.976. The third-order valence-corrected chi connectivity index (χ3v) is 1.28. The van der Waals surface area contributed by atoms with E-state index in [4.69, 9.17) is 0 Å². The normalized spacial score (nSPS) is 9.88. The number of carbonyl (C=O) groups is 1. The topological polar surface area (TPSA) is 20.3 Å². The molecule has 0 saturated heterocycles. The molecule has 0 heterocycles. The van der Waals surface area contributed by atoms with Crippen LogP contribution in [0.1, 0.15) is 0 Å². The fourth-order valence-electron chi connectivity index (χ4n) is 0.283. The van der Waals surface area contributed by atoms with Gasteiger partial charge in [0.2, 0.25) is 0 Å². The van der Waals surface area contributed by atoms with Crippen LogP contribution in [0.5, 0.6) is 0 Å². The fraction of sp³-hybridized carbons (Fsp3) is 0.800. The predicted octanol–water partition coefficient (Wildman–Crippen LogP) is 0.471. The zero-order valence-electron chi connectivity index (χ0n) is 5.26. The highest BCUT2D eigenvalue weighted by molar-refractivity contribution is 8.11. The summed E-state index contributed by atoms with van der Waals surface area (Å²) < 4.78 is 0. The van der Waals surface area contributed by atoms with E-state index in [2.05, 4.69) is 4.90 Å². The lowest BCUT2D eigenvalue weighted by Crippen LogP contribution is -2.14. The quantitative estimate of drug-likeness (QED) is 0.411. The highest BCUT2D eigenvalue weighted by Gasteiger charge is 1.86. The van der Waals surface area contributed by atoms with Gasteiger partial charge in [-0.1, -0.05) is 11.8 Å². The molecular weight excluding hydrogens is 122 g/mol. The second kappa shape index (κ2) is 5.12. The van der Waals surface area contributed by atoms with Crippen molar-refractivity contribution in [3.63, 3.8) is 0 Å². The molecule has 0 radical (unpaired) electrons. The van der Waals surface area contributed by atoms with Crippen molar-refractivity contribution >= 4 is 17.4 Å². The van der Waals surface area contributed by atoms with Gasteiger partial charge in [0.1, 0.15) is 0 Å². The van der Waals surface area contributed by atoms with Crippen LogP contribution < -0.4 is 0 Å². The third kappa shape index (κ3) is 5.98. The number of thioether (sulfide) groups is 1. The first-order valence-corrected chi connectivity index (χ1v) is 3.52.